The Morgan fingerprint density at radius 1 is 1.08 bits per heavy atom. The Labute approximate surface area is 293 Å². The van der Waals surface area contributed by atoms with Crippen LogP contribution in [0.4, 0.5) is 22.0 Å². The first-order valence-electron chi connectivity index (χ1n) is 15.7. The highest BCUT2D eigenvalue weighted by Crippen LogP contribution is 2.47. The van der Waals surface area contributed by atoms with Crippen molar-refractivity contribution in [1.82, 2.24) is 15.3 Å². The molecule has 0 saturated heterocycles. The van der Waals surface area contributed by atoms with Gasteiger partial charge in [0, 0.05) is 22.1 Å². The third-order valence-electron chi connectivity index (χ3n) is 8.86. The summed E-state index contributed by atoms with van der Waals surface area (Å²) in [5.74, 6) is -4.81. The number of carbonyl (C=O) groups excluding carboxylic acids is 3. The number of amides is 2. The van der Waals surface area contributed by atoms with Crippen LogP contribution >= 0.6 is 0 Å². The summed E-state index contributed by atoms with van der Waals surface area (Å²) in [5, 5.41) is 13.4. The van der Waals surface area contributed by atoms with Gasteiger partial charge in [-0.05, 0) is 61.4 Å². The van der Waals surface area contributed by atoms with Gasteiger partial charge < -0.3 is 36.1 Å². The second-order valence-corrected chi connectivity index (χ2v) is 12.8. The Bertz CT molecular complexity index is 2060. The molecule has 0 saturated carbocycles. The SMILES string of the molecule is COc1cc(C(=O)NCC(O)(c2cc3c(c(-c4ccc(F)cc4)n2)OCC3(C)C(N)=O)C(F)(F)F)cc2cc(F)c(COC(=O)C(N)C(C)C)nc12. The van der Waals surface area contributed by atoms with Gasteiger partial charge in [0.25, 0.3) is 5.91 Å². The molecular weight excluding hydrogens is 697 g/mol. The molecule has 17 heteroatoms. The number of aliphatic hydroxyl groups is 1. The maximum Gasteiger partial charge on any atom is 0.424 e. The van der Waals surface area contributed by atoms with Gasteiger partial charge in [0.2, 0.25) is 11.5 Å². The van der Waals surface area contributed by atoms with E-state index in [0.717, 1.165) is 36.4 Å². The van der Waals surface area contributed by atoms with Crippen molar-refractivity contribution in [3.63, 3.8) is 0 Å². The quantitative estimate of drug-likeness (QED) is 0.130. The Balaban J connectivity index is 1.49. The Hall–Kier alpha value is -5.42. The number of nitrogens with two attached hydrogens (primary N) is 2. The van der Waals surface area contributed by atoms with Gasteiger partial charge in [-0.3, -0.25) is 14.4 Å². The number of fused-ring (bicyclic) bond motifs is 2. The number of pyridine rings is 2. The van der Waals surface area contributed by atoms with Crippen LogP contribution in [0.15, 0.2) is 48.5 Å². The first-order valence-corrected chi connectivity index (χ1v) is 15.7. The minimum atomic E-state index is -5.46. The van der Waals surface area contributed by atoms with E-state index >= 15 is 4.39 Å². The number of esters is 1. The predicted octanol–water partition coefficient (Wildman–Crippen LogP) is 3.93. The number of benzene rings is 2. The zero-order chi connectivity index (χ0) is 38.3. The van der Waals surface area contributed by atoms with Crippen molar-refractivity contribution in [2.75, 3.05) is 20.3 Å². The van der Waals surface area contributed by atoms with E-state index in [9.17, 15) is 37.1 Å². The summed E-state index contributed by atoms with van der Waals surface area (Å²) in [6.07, 6.45) is -5.46. The molecule has 0 aliphatic carbocycles. The summed E-state index contributed by atoms with van der Waals surface area (Å²) < 4.78 is 89.3. The van der Waals surface area contributed by atoms with Crippen molar-refractivity contribution in [2.24, 2.45) is 17.4 Å². The van der Waals surface area contributed by atoms with E-state index < -0.39 is 71.5 Å². The molecule has 5 rings (SSSR count). The van der Waals surface area contributed by atoms with Crippen molar-refractivity contribution in [3.05, 3.63) is 82.7 Å². The van der Waals surface area contributed by atoms with Gasteiger partial charge in [0.15, 0.2) is 0 Å². The predicted molar refractivity (Wildman–Crippen MR) is 175 cm³/mol. The summed E-state index contributed by atoms with van der Waals surface area (Å²) in [4.78, 5) is 46.2. The molecule has 2 aromatic heterocycles. The van der Waals surface area contributed by atoms with Gasteiger partial charge >= 0.3 is 12.1 Å². The zero-order valence-corrected chi connectivity index (χ0v) is 28.2. The minimum absolute atomic E-state index is 0.0111. The molecule has 0 spiro atoms. The average Bonchev–Trinajstić information content (AvgIpc) is 3.45. The first kappa shape index (κ1) is 37.8. The highest BCUT2D eigenvalue weighted by atomic mass is 19.4. The van der Waals surface area contributed by atoms with Crippen molar-refractivity contribution in [1.29, 1.82) is 0 Å². The van der Waals surface area contributed by atoms with Gasteiger partial charge in [-0.2, -0.15) is 13.2 Å². The van der Waals surface area contributed by atoms with Crippen molar-refractivity contribution in [2.45, 2.75) is 50.6 Å². The van der Waals surface area contributed by atoms with E-state index in [1.165, 1.54) is 26.2 Å². The number of ether oxygens (including phenoxy) is 3. The Morgan fingerprint density at radius 3 is 2.35 bits per heavy atom. The van der Waals surface area contributed by atoms with Crippen LogP contribution in [0.25, 0.3) is 22.2 Å². The minimum Gasteiger partial charge on any atom is -0.494 e. The first-order chi connectivity index (χ1) is 24.3. The Morgan fingerprint density at radius 2 is 1.75 bits per heavy atom. The van der Waals surface area contributed by atoms with Crippen LogP contribution < -0.4 is 26.3 Å². The fourth-order valence-electron chi connectivity index (χ4n) is 5.41. The normalized spacial score (nSPS) is 17.2. The molecule has 3 unspecified atom stereocenters. The number of carbonyl (C=O) groups is 3. The summed E-state index contributed by atoms with van der Waals surface area (Å²) in [5.41, 5.74) is 4.10. The van der Waals surface area contributed by atoms with Crippen LogP contribution in [-0.2, 0) is 31.9 Å². The van der Waals surface area contributed by atoms with Gasteiger partial charge in [-0.1, -0.05) is 13.8 Å². The van der Waals surface area contributed by atoms with Gasteiger partial charge in [-0.15, -0.1) is 0 Å². The molecule has 1 aliphatic rings. The van der Waals surface area contributed by atoms with Gasteiger partial charge in [0.05, 0.1) is 19.3 Å². The molecule has 276 valence electrons. The molecule has 0 radical (unpaired) electrons. The van der Waals surface area contributed by atoms with Crippen LogP contribution in [0.2, 0.25) is 0 Å². The van der Waals surface area contributed by atoms with Crippen LogP contribution in [0.1, 0.15) is 48.1 Å². The van der Waals surface area contributed by atoms with Crippen LogP contribution in [0.3, 0.4) is 0 Å². The second-order valence-electron chi connectivity index (χ2n) is 12.8. The summed E-state index contributed by atoms with van der Waals surface area (Å²) >= 11 is 0. The van der Waals surface area contributed by atoms with E-state index in [4.69, 9.17) is 25.7 Å². The smallest absolute Gasteiger partial charge is 0.424 e. The lowest BCUT2D eigenvalue weighted by Gasteiger charge is -2.31. The van der Waals surface area contributed by atoms with E-state index in [1.807, 2.05) is 0 Å². The fourth-order valence-corrected chi connectivity index (χ4v) is 5.41. The number of nitrogens with one attached hydrogen (secondary N) is 1. The maximum atomic E-state index is 15.0. The van der Waals surface area contributed by atoms with E-state index in [1.54, 1.807) is 13.8 Å². The van der Waals surface area contributed by atoms with E-state index in [0.29, 0.717) is 0 Å². The number of nitrogens with zero attached hydrogens (tertiary/aromatic N) is 2. The Kier molecular flexibility index (Phi) is 10.1. The van der Waals surface area contributed by atoms with Gasteiger partial charge in [-0.25, -0.2) is 18.7 Å². The molecule has 0 fully saturated rings. The lowest BCUT2D eigenvalue weighted by atomic mass is 9.81. The molecular formula is C35H34F5N5O7. The average molecular weight is 732 g/mol. The maximum absolute atomic E-state index is 15.0. The standard InChI is InChI=1S/C35H34F5N5O7/c1-16(2)26(41)31(47)51-13-23-22(37)10-18-9-19(11-24(50-4)27(18)44-23)30(46)43-14-34(49,35(38,39)40)25-12-21-29(52-15-33(21,3)32(42)48)28(45-25)17-5-7-20(36)8-6-17/h5-12,16,26,49H,13-15,41H2,1-4H3,(H2,42,48)(H,43,46). The van der Waals surface area contributed by atoms with Crippen LogP contribution in [-0.4, -0.2) is 65.3 Å². The van der Waals surface area contributed by atoms with Crippen LogP contribution in [0, 0.1) is 17.6 Å². The lowest BCUT2D eigenvalue weighted by Crippen LogP contribution is -2.51. The number of aromatic nitrogens is 2. The molecule has 3 atom stereocenters. The number of primary amides is 1. The largest absolute Gasteiger partial charge is 0.494 e. The highest BCUT2D eigenvalue weighted by molar-refractivity contribution is 6.00. The van der Waals surface area contributed by atoms with Crippen molar-refractivity contribution in [3.8, 4) is 22.8 Å². The molecule has 3 heterocycles. The lowest BCUT2D eigenvalue weighted by molar-refractivity contribution is -0.265. The summed E-state index contributed by atoms with van der Waals surface area (Å²) in [7, 11) is 1.22. The highest BCUT2D eigenvalue weighted by Gasteiger charge is 2.57. The third kappa shape index (κ3) is 6.92. The third-order valence-corrected chi connectivity index (χ3v) is 8.86. The fraction of sp³-hybridized carbons (Fsp3) is 0.343. The van der Waals surface area contributed by atoms with E-state index in [-0.39, 0.29) is 63.0 Å². The molecule has 2 aromatic carbocycles. The van der Waals surface area contributed by atoms with Crippen molar-refractivity contribution >= 4 is 28.7 Å². The number of hydrogen-bond donors (Lipinski definition) is 4. The number of halogens is 5. The summed E-state index contributed by atoms with van der Waals surface area (Å²) in [6, 6.07) is 7.64. The monoisotopic (exact) mass is 731 g/mol. The van der Waals surface area contributed by atoms with Gasteiger partial charge in [0.1, 0.15) is 64.7 Å². The zero-order valence-electron chi connectivity index (χ0n) is 28.2. The van der Waals surface area contributed by atoms with Crippen molar-refractivity contribution < 1.29 is 55.7 Å². The topological polar surface area (TPSA) is 189 Å². The van der Waals surface area contributed by atoms with E-state index in [2.05, 4.69) is 15.3 Å². The number of methoxy groups -OCH3 is 1. The molecule has 2 amide bonds. The molecule has 12 nitrogen and oxygen atoms in total. The molecule has 1 aliphatic heterocycles. The molecule has 4 aromatic rings. The second kappa shape index (κ2) is 14.0. The molecule has 52 heavy (non-hydrogen) atoms. The number of rotatable bonds is 11. The van der Waals surface area contributed by atoms with Crippen LogP contribution in [0.5, 0.6) is 11.5 Å². The number of hydrogen-bond acceptors (Lipinski definition) is 10. The number of alkyl halides is 3. The molecule has 0 bridgehead atoms. The summed E-state index contributed by atoms with van der Waals surface area (Å²) in [6.45, 7) is 2.36. The molecule has 6 N–H and O–H groups in total.